The van der Waals surface area contributed by atoms with Crippen LogP contribution in [0.5, 0.6) is 0 Å². The number of aryl methyl sites for hydroxylation is 1. The van der Waals surface area contributed by atoms with E-state index in [1.54, 1.807) is 0 Å². The van der Waals surface area contributed by atoms with Crippen molar-refractivity contribution < 1.29 is 0 Å². The molecular weight excluding hydrogens is 388 g/mol. The van der Waals surface area contributed by atoms with Crippen LogP contribution >= 0.6 is 45.2 Å². The summed E-state index contributed by atoms with van der Waals surface area (Å²) >= 11 is 4.60. The van der Waals surface area contributed by atoms with Crippen molar-refractivity contribution in [3.63, 3.8) is 0 Å². The highest BCUT2D eigenvalue weighted by atomic mass is 127. The molecule has 0 fully saturated rings. The molecule has 0 amide bonds. The van der Waals surface area contributed by atoms with Crippen LogP contribution in [0.1, 0.15) is 5.56 Å². The predicted molar refractivity (Wildman–Crippen MR) is 71.9 cm³/mol. The number of fused-ring (bicyclic) bond motifs is 1. The van der Waals surface area contributed by atoms with Crippen LogP contribution in [0.2, 0.25) is 0 Å². The third kappa shape index (κ3) is 1.96. The molecule has 0 saturated heterocycles. The number of hydrogen-bond donors (Lipinski definition) is 0. The van der Waals surface area contributed by atoms with E-state index in [1.165, 1.54) is 14.5 Å². The Bertz CT molecular complexity index is 466. The van der Waals surface area contributed by atoms with Crippen LogP contribution in [-0.4, -0.2) is 4.98 Å². The Kier molecular flexibility index (Phi) is 2.73. The lowest BCUT2D eigenvalue weighted by molar-refractivity contribution is 1.33. The van der Waals surface area contributed by atoms with Gasteiger partial charge in [-0.05, 0) is 70.3 Å². The summed E-state index contributed by atoms with van der Waals surface area (Å²) in [7, 11) is 0. The number of benzene rings is 1. The predicted octanol–water partition coefficient (Wildman–Crippen LogP) is 3.75. The lowest BCUT2D eigenvalue weighted by atomic mass is 10.1. The lowest BCUT2D eigenvalue weighted by Crippen LogP contribution is -1.87. The van der Waals surface area contributed by atoms with E-state index in [2.05, 4.69) is 81.4 Å². The van der Waals surface area contributed by atoms with E-state index in [0.717, 1.165) is 9.22 Å². The Balaban J connectivity index is 2.87. The van der Waals surface area contributed by atoms with Gasteiger partial charge < -0.3 is 0 Å². The first-order valence-electron chi connectivity index (χ1n) is 3.89. The van der Waals surface area contributed by atoms with Gasteiger partial charge in [-0.15, -0.1) is 0 Å². The fourth-order valence-corrected chi connectivity index (χ4v) is 3.16. The maximum atomic E-state index is 4.46. The molecule has 1 heterocycles. The van der Waals surface area contributed by atoms with Crippen LogP contribution in [0.4, 0.5) is 0 Å². The zero-order valence-corrected chi connectivity index (χ0v) is 11.3. The highest BCUT2D eigenvalue weighted by molar-refractivity contribution is 14.1. The minimum absolute atomic E-state index is 1.05. The molecule has 0 radical (unpaired) electrons. The summed E-state index contributed by atoms with van der Waals surface area (Å²) in [4.78, 5) is 4.46. The van der Waals surface area contributed by atoms with Gasteiger partial charge in [-0.25, -0.2) is 4.98 Å². The van der Waals surface area contributed by atoms with Crippen molar-refractivity contribution in [2.75, 3.05) is 0 Å². The lowest BCUT2D eigenvalue weighted by Gasteiger charge is -2.02. The topological polar surface area (TPSA) is 12.9 Å². The number of hydrogen-bond acceptors (Lipinski definition) is 1. The molecule has 0 aliphatic rings. The molecule has 3 heteroatoms. The Hall–Kier alpha value is 0.0900. The number of rotatable bonds is 0. The Labute approximate surface area is 104 Å². The third-order valence-electron chi connectivity index (χ3n) is 1.88. The second kappa shape index (κ2) is 3.68. The number of aromatic nitrogens is 1. The second-order valence-electron chi connectivity index (χ2n) is 2.95. The average Bonchev–Trinajstić information content (AvgIpc) is 2.06. The monoisotopic (exact) mass is 395 g/mol. The maximum absolute atomic E-state index is 4.46. The molecule has 2 rings (SSSR count). The first-order chi connectivity index (χ1) is 6.16. The van der Waals surface area contributed by atoms with E-state index in [1.807, 2.05) is 0 Å². The number of nitrogens with zero attached hydrogens (tertiary/aromatic N) is 1. The molecule has 66 valence electrons. The molecular formula is C10H7I2N. The Morgan fingerprint density at radius 3 is 2.69 bits per heavy atom. The van der Waals surface area contributed by atoms with Crippen molar-refractivity contribution in [3.8, 4) is 0 Å². The first-order valence-corrected chi connectivity index (χ1v) is 6.05. The summed E-state index contributed by atoms with van der Waals surface area (Å²) < 4.78 is 2.33. The van der Waals surface area contributed by atoms with Crippen molar-refractivity contribution in [2.45, 2.75) is 6.92 Å². The molecule has 1 nitrogen and oxygen atoms in total. The molecule has 0 bridgehead atoms. The van der Waals surface area contributed by atoms with Gasteiger partial charge in [0.1, 0.15) is 3.70 Å². The van der Waals surface area contributed by atoms with Gasteiger partial charge in [0, 0.05) is 8.96 Å². The highest BCUT2D eigenvalue weighted by Gasteiger charge is 2.01. The van der Waals surface area contributed by atoms with E-state index < -0.39 is 0 Å². The largest absolute Gasteiger partial charge is 0.242 e. The van der Waals surface area contributed by atoms with E-state index in [4.69, 9.17) is 0 Å². The molecule has 13 heavy (non-hydrogen) atoms. The molecule has 1 aromatic carbocycles. The van der Waals surface area contributed by atoms with Gasteiger partial charge in [-0.2, -0.15) is 0 Å². The molecule has 2 aromatic rings. The standard InChI is InChI=1S/C10H7I2N/c1-6-2-3-9-7(4-6)8(11)5-10(12)13-9/h2-5H,1H3. The van der Waals surface area contributed by atoms with Crippen LogP contribution < -0.4 is 0 Å². The van der Waals surface area contributed by atoms with Crippen molar-refractivity contribution >= 4 is 56.1 Å². The zero-order chi connectivity index (χ0) is 9.42. The molecule has 0 unspecified atom stereocenters. The summed E-state index contributed by atoms with van der Waals surface area (Å²) in [5.41, 5.74) is 2.37. The van der Waals surface area contributed by atoms with Crippen LogP contribution in [0.3, 0.4) is 0 Å². The van der Waals surface area contributed by atoms with Crippen LogP contribution in [0.15, 0.2) is 24.3 Å². The highest BCUT2D eigenvalue weighted by Crippen LogP contribution is 2.21. The van der Waals surface area contributed by atoms with Crippen LogP contribution in [-0.2, 0) is 0 Å². The summed E-state index contributed by atoms with van der Waals surface area (Å²) in [5, 5.41) is 1.25. The van der Waals surface area contributed by atoms with E-state index >= 15 is 0 Å². The van der Waals surface area contributed by atoms with E-state index in [0.29, 0.717) is 0 Å². The van der Waals surface area contributed by atoms with Gasteiger partial charge >= 0.3 is 0 Å². The maximum Gasteiger partial charge on any atom is 0.103 e. The van der Waals surface area contributed by atoms with Crippen molar-refractivity contribution in [1.82, 2.24) is 4.98 Å². The van der Waals surface area contributed by atoms with Crippen molar-refractivity contribution in [1.29, 1.82) is 0 Å². The summed E-state index contributed by atoms with van der Waals surface area (Å²) in [6, 6.07) is 8.46. The Morgan fingerprint density at radius 2 is 1.92 bits per heavy atom. The Morgan fingerprint density at radius 1 is 1.15 bits per heavy atom. The van der Waals surface area contributed by atoms with Gasteiger partial charge in [-0.3, -0.25) is 0 Å². The smallest absolute Gasteiger partial charge is 0.103 e. The molecule has 0 N–H and O–H groups in total. The quantitative estimate of drug-likeness (QED) is 0.490. The zero-order valence-electron chi connectivity index (χ0n) is 7.01. The van der Waals surface area contributed by atoms with Gasteiger partial charge in [-0.1, -0.05) is 11.6 Å². The molecule has 0 aliphatic carbocycles. The fraction of sp³-hybridized carbons (Fsp3) is 0.100. The minimum Gasteiger partial charge on any atom is -0.242 e. The summed E-state index contributed by atoms with van der Waals surface area (Å²) in [6.45, 7) is 2.10. The summed E-state index contributed by atoms with van der Waals surface area (Å²) in [6.07, 6.45) is 0. The second-order valence-corrected chi connectivity index (χ2v) is 5.21. The molecule has 0 atom stereocenters. The van der Waals surface area contributed by atoms with Gasteiger partial charge in [0.2, 0.25) is 0 Å². The first kappa shape index (κ1) is 9.64. The normalized spacial score (nSPS) is 10.7. The molecule has 1 aromatic heterocycles. The van der Waals surface area contributed by atoms with Gasteiger partial charge in [0.15, 0.2) is 0 Å². The average molecular weight is 395 g/mol. The van der Waals surface area contributed by atoms with Crippen LogP contribution in [0.25, 0.3) is 10.9 Å². The minimum atomic E-state index is 1.05. The van der Waals surface area contributed by atoms with E-state index in [9.17, 15) is 0 Å². The van der Waals surface area contributed by atoms with Gasteiger partial charge in [0.25, 0.3) is 0 Å². The molecule has 0 saturated carbocycles. The van der Waals surface area contributed by atoms with Crippen molar-refractivity contribution in [3.05, 3.63) is 37.1 Å². The van der Waals surface area contributed by atoms with Crippen LogP contribution in [0, 0.1) is 14.2 Å². The third-order valence-corrected chi connectivity index (χ3v) is 3.33. The molecule has 0 aliphatic heterocycles. The fourth-order valence-electron chi connectivity index (χ4n) is 1.27. The summed E-state index contributed by atoms with van der Waals surface area (Å²) in [5.74, 6) is 0. The number of halogens is 2. The van der Waals surface area contributed by atoms with Gasteiger partial charge in [0.05, 0.1) is 5.52 Å². The van der Waals surface area contributed by atoms with Crippen molar-refractivity contribution in [2.24, 2.45) is 0 Å². The number of pyridine rings is 1. The SMILES string of the molecule is Cc1ccc2nc(I)cc(I)c2c1. The molecule has 0 spiro atoms. The van der Waals surface area contributed by atoms with E-state index in [-0.39, 0.29) is 0 Å².